The molecule has 0 aliphatic carbocycles. The Morgan fingerprint density at radius 2 is 1.96 bits per heavy atom. The summed E-state index contributed by atoms with van der Waals surface area (Å²) >= 11 is 6.01. The van der Waals surface area contributed by atoms with Gasteiger partial charge in [-0.05, 0) is 49.2 Å². The van der Waals surface area contributed by atoms with Crippen LogP contribution >= 0.6 is 11.6 Å². The van der Waals surface area contributed by atoms with Crippen molar-refractivity contribution in [3.63, 3.8) is 0 Å². The summed E-state index contributed by atoms with van der Waals surface area (Å²) in [6.45, 7) is 2.02. The van der Waals surface area contributed by atoms with Crippen LogP contribution in [0.2, 0.25) is 5.02 Å². The van der Waals surface area contributed by atoms with Crippen LogP contribution in [-0.2, 0) is 13.2 Å². The normalized spacial score (nSPS) is 10.7. The summed E-state index contributed by atoms with van der Waals surface area (Å²) in [4.78, 5) is 0. The van der Waals surface area contributed by atoms with Crippen LogP contribution in [0.4, 0.5) is 4.39 Å². The number of ether oxygens (including phenoxy) is 2. The molecule has 0 saturated carbocycles. The Labute approximate surface area is 152 Å². The number of methoxy groups -OCH3 is 1. The van der Waals surface area contributed by atoms with E-state index in [1.807, 2.05) is 18.2 Å². The smallest absolute Gasteiger partial charge is 0.161 e. The lowest BCUT2D eigenvalue weighted by Crippen LogP contribution is -2.15. The Hall–Kier alpha value is -1.82. The fourth-order valence-electron chi connectivity index (χ4n) is 2.33. The van der Waals surface area contributed by atoms with E-state index >= 15 is 0 Å². The highest BCUT2D eigenvalue weighted by molar-refractivity contribution is 6.31. The molecule has 0 bridgehead atoms. The lowest BCUT2D eigenvalue weighted by atomic mass is 10.2. The predicted molar refractivity (Wildman–Crippen MR) is 96.8 cm³/mol. The maximum absolute atomic E-state index is 13.1. The third kappa shape index (κ3) is 6.20. The van der Waals surface area contributed by atoms with Gasteiger partial charge in [0.15, 0.2) is 11.5 Å². The van der Waals surface area contributed by atoms with Crippen LogP contribution in [0, 0.1) is 5.82 Å². The van der Waals surface area contributed by atoms with Crippen molar-refractivity contribution in [1.82, 2.24) is 5.32 Å². The maximum atomic E-state index is 13.1. The molecule has 2 N–H and O–H groups in total. The van der Waals surface area contributed by atoms with Gasteiger partial charge in [0, 0.05) is 18.7 Å². The average molecular weight is 368 g/mol. The molecule has 0 aliphatic rings. The van der Waals surface area contributed by atoms with Crippen molar-refractivity contribution in [3.05, 3.63) is 58.4 Å². The molecule has 136 valence electrons. The van der Waals surface area contributed by atoms with E-state index in [9.17, 15) is 4.39 Å². The Bertz CT molecular complexity index is 682. The second-order valence-electron chi connectivity index (χ2n) is 5.62. The van der Waals surface area contributed by atoms with Gasteiger partial charge < -0.3 is 19.9 Å². The molecule has 4 nitrogen and oxygen atoms in total. The first kappa shape index (κ1) is 19.5. The average Bonchev–Trinajstić information content (AvgIpc) is 2.61. The van der Waals surface area contributed by atoms with Gasteiger partial charge in [0.2, 0.25) is 0 Å². The van der Waals surface area contributed by atoms with Gasteiger partial charge in [-0.2, -0.15) is 0 Å². The summed E-state index contributed by atoms with van der Waals surface area (Å²) in [7, 11) is 1.59. The molecule has 25 heavy (non-hydrogen) atoms. The number of hydrogen-bond acceptors (Lipinski definition) is 4. The summed E-state index contributed by atoms with van der Waals surface area (Å²) in [5.41, 5.74) is 1.78. The maximum Gasteiger partial charge on any atom is 0.161 e. The van der Waals surface area contributed by atoms with Crippen LogP contribution in [0.1, 0.15) is 24.0 Å². The SMILES string of the molecule is COc1cc(CNCCCCO)ccc1OCc1ccc(F)cc1Cl. The third-order valence-corrected chi connectivity index (χ3v) is 4.07. The Balaban J connectivity index is 1.94. The quantitative estimate of drug-likeness (QED) is 0.625. The minimum atomic E-state index is -0.373. The zero-order valence-corrected chi connectivity index (χ0v) is 15.0. The zero-order valence-electron chi connectivity index (χ0n) is 14.2. The minimum Gasteiger partial charge on any atom is -0.493 e. The van der Waals surface area contributed by atoms with Gasteiger partial charge in [-0.3, -0.25) is 0 Å². The molecule has 2 aromatic carbocycles. The van der Waals surface area contributed by atoms with Gasteiger partial charge in [0.05, 0.1) is 12.1 Å². The molecule has 0 aromatic heterocycles. The fraction of sp³-hybridized carbons (Fsp3) is 0.368. The molecule has 0 unspecified atom stereocenters. The highest BCUT2D eigenvalue weighted by Crippen LogP contribution is 2.29. The third-order valence-electron chi connectivity index (χ3n) is 3.72. The Morgan fingerprint density at radius 3 is 2.68 bits per heavy atom. The van der Waals surface area contributed by atoms with Crippen molar-refractivity contribution in [2.24, 2.45) is 0 Å². The monoisotopic (exact) mass is 367 g/mol. The number of aliphatic hydroxyl groups excluding tert-OH is 1. The Morgan fingerprint density at radius 1 is 1.12 bits per heavy atom. The van der Waals surface area contributed by atoms with Crippen LogP contribution in [0.5, 0.6) is 11.5 Å². The van der Waals surface area contributed by atoms with E-state index in [0.29, 0.717) is 28.6 Å². The molecule has 0 saturated heterocycles. The van der Waals surface area contributed by atoms with Crippen molar-refractivity contribution in [2.45, 2.75) is 26.0 Å². The summed E-state index contributed by atoms with van der Waals surface area (Å²) < 4.78 is 24.2. The number of benzene rings is 2. The van der Waals surface area contributed by atoms with Crippen molar-refractivity contribution in [3.8, 4) is 11.5 Å². The predicted octanol–water partition coefficient (Wildman–Crippen LogP) is 3.93. The molecule has 0 aliphatic heterocycles. The van der Waals surface area contributed by atoms with Gasteiger partial charge in [-0.25, -0.2) is 4.39 Å². The van der Waals surface area contributed by atoms with E-state index in [1.54, 1.807) is 13.2 Å². The number of nitrogens with one attached hydrogen (secondary N) is 1. The van der Waals surface area contributed by atoms with E-state index in [2.05, 4.69) is 5.32 Å². The van der Waals surface area contributed by atoms with Crippen LogP contribution < -0.4 is 14.8 Å². The van der Waals surface area contributed by atoms with Crippen LogP contribution in [-0.4, -0.2) is 25.4 Å². The van der Waals surface area contributed by atoms with Gasteiger partial charge in [0.25, 0.3) is 0 Å². The number of hydrogen-bond donors (Lipinski definition) is 2. The van der Waals surface area contributed by atoms with Crippen LogP contribution in [0.3, 0.4) is 0 Å². The molecule has 0 radical (unpaired) electrons. The van der Waals surface area contributed by atoms with Crippen molar-refractivity contribution < 1.29 is 19.0 Å². The first-order chi connectivity index (χ1) is 12.1. The van der Waals surface area contributed by atoms with E-state index < -0.39 is 0 Å². The minimum absolute atomic E-state index is 0.222. The number of rotatable bonds is 10. The van der Waals surface area contributed by atoms with E-state index in [4.69, 9.17) is 26.2 Å². The van der Waals surface area contributed by atoms with Crippen molar-refractivity contribution >= 4 is 11.6 Å². The molecular formula is C19H23ClFNO3. The Kier molecular flexibility index (Phi) is 7.98. The summed E-state index contributed by atoms with van der Waals surface area (Å²) in [6.07, 6.45) is 1.74. The second-order valence-corrected chi connectivity index (χ2v) is 6.02. The molecule has 2 rings (SSSR count). The molecule has 2 aromatic rings. The molecule has 0 heterocycles. The van der Waals surface area contributed by atoms with Gasteiger partial charge in [-0.1, -0.05) is 23.7 Å². The molecular weight excluding hydrogens is 345 g/mol. The van der Waals surface area contributed by atoms with Crippen molar-refractivity contribution in [2.75, 3.05) is 20.3 Å². The number of halogens is 2. The summed E-state index contributed by atoms with van der Waals surface area (Å²) in [5, 5.41) is 12.4. The highest BCUT2D eigenvalue weighted by Gasteiger charge is 2.08. The molecule has 6 heteroatoms. The number of unbranched alkanes of at least 4 members (excludes halogenated alkanes) is 1. The van der Waals surface area contributed by atoms with Crippen molar-refractivity contribution in [1.29, 1.82) is 0 Å². The van der Waals surface area contributed by atoms with Crippen LogP contribution in [0.15, 0.2) is 36.4 Å². The lowest BCUT2D eigenvalue weighted by molar-refractivity contribution is 0.283. The number of aliphatic hydroxyl groups is 1. The summed E-state index contributed by atoms with van der Waals surface area (Å²) in [5.74, 6) is 0.863. The zero-order chi connectivity index (χ0) is 18.1. The topological polar surface area (TPSA) is 50.7 Å². The van der Waals surface area contributed by atoms with E-state index in [0.717, 1.165) is 24.9 Å². The molecule has 0 fully saturated rings. The second kappa shape index (κ2) is 10.2. The highest BCUT2D eigenvalue weighted by atomic mass is 35.5. The van der Waals surface area contributed by atoms with Gasteiger partial charge >= 0.3 is 0 Å². The standard InChI is InChI=1S/C19H23ClFNO3/c1-24-19-10-14(12-22-8-2-3-9-23)4-7-18(19)25-13-15-5-6-16(21)11-17(15)20/h4-7,10-11,22-23H,2-3,8-9,12-13H2,1H3. The largest absolute Gasteiger partial charge is 0.493 e. The fourth-order valence-corrected chi connectivity index (χ4v) is 2.55. The van der Waals surface area contributed by atoms with Crippen LogP contribution in [0.25, 0.3) is 0 Å². The van der Waals surface area contributed by atoms with Gasteiger partial charge in [0.1, 0.15) is 12.4 Å². The summed E-state index contributed by atoms with van der Waals surface area (Å²) in [6, 6.07) is 9.95. The van der Waals surface area contributed by atoms with E-state index in [1.165, 1.54) is 12.1 Å². The first-order valence-corrected chi connectivity index (χ1v) is 8.57. The first-order valence-electron chi connectivity index (χ1n) is 8.19. The molecule has 0 amide bonds. The molecule has 0 spiro atoms. The molecule has 0 atom stereocenters. The van der Waals surface area contributed by atoms with Gasteiger partial charge in [-0.15, -0.1) is 0 Å². The lowest BCUT2D eigenvalue weighted by Gasteiger charge is -2.13. The van der Waals surface area contributed by atoms with E-state index in [-0.39, 0.29) is 19.0 Å².